The first-order valence-electron chi connectivity index (χ1n) is 7.96. The summed E-state index contributed by atoms with van der Waals surface area (Å²) in [7, 11) is 2.15. The maximum absolute atomic E-state index is 13.2. The van der Waals surface area contributed by atoms with Crippen LogP contribution in [-0.4, -0.2) is 60.3 Å². The normalized spacial score (nSPS) is 22.4. The SMILES string of the molecule is CN1CCN(CC(c2ccc(F)cc2)C2(O)CCC2)CC1.Cl.Cl. The molecule has 23 heavy (non-hydrogen) atoms. The number of hydrogen-bond acceptors (Lipinski definition) is 3. The van der Waals surface area contributed by atoms with E-state index >= 15 is 0 Å². The Morgan fingerprint density at radius 2 is 1.65 bits per heavy atom. The van der Waals surface area contributed by atoms with E-state index in [0.717, 1.165) is 57.5 Å². The number of likely N-dealkylation sites (N-methyl/N-ethyl adjacent to an activating group) is 1. The van der Waals surface area contributed by atoms with Crippen LogP contribution in [0.1, 0.15) is 30.7 Å². The minimum absolute atomic E-state index is 0. The van der Waals surface area contributed by atoms with E-state index in [4.69, 9.17) is 0 Å². The second-order valence-electron chi connectivity index (χ2n) is 6.67. The molecule has 1 atom stereocenters. The van der Waals surface area contributed by atoms with E-state index in [0.29, 0.717) is 0 Å². The molecule has 0 radical (unpaired) electrons. The Kier molecular flexibility index (Phi) is 7.75. The highest BCUT2D eigenvalue weighted by molar-refractivity contribution is 5.85. The molecule has 1 unspecified atom stereocenters. The van der Waals surface area contributed by atoms with Crippen molar-refractivity contribution >= 4 is 24.8 Å². The fraction of sp³-hybridized carbons (Fsp3) is 0.647. The Balaban J connectivity index is 0.00000132. The lowest BCUT2D eigenvalue weighted by atomic mass is 9.68. The van der Waals surface area contributed by atoms with Crippen molar-refractivity contribution in [1.82, 2.24) is 9.80 Å². The molecule has 132 valence electrons. The maximum atomic E-state index is 13.2. The molecule has 1 aliphatic heterocycles. The number of rotatable bonds is 4. The van der Waals surface area contributed by atoms with Crippen molar-refractivity contribution in [1.29, 1.82) is 0 Å². The lowest BCUT2D eigenvalue weighted by Gasteiger charge is -2.46. The second kappa shape index (κ2) is 8.63. The zero-order chi connectivity index (χ0) is 14.9. The lowest BCUT2D eigenvalue weighted by molar-refractivity contribution is -0.0665. The Morgan fingerprint density at radius 3 is 2.13 bits per heavy atom. The molecule has 3 rings (SSSR count). The first-order valence-corrected chi connectivity index (χ1v) is 7.96. The monoisotopic (exact) mass is 364 g/mol. The number of aliphatic hydroxyl groups is 1. The van der Waals surface area contributed by atoms with Gasteiger partial charge in [0.15, 0.2) is 0 Å². The summed E-state index contributed by atoms with van der Waals surface area (Å²) >= 11 is 0. The maximum Gasteiger partial charge on any atom is 0.123 e. The molecule has 0 amide bonds. The van der Waals surface area contributed by atoms with Gasteiger partial charge in [-0.2, -0.15) is 0 Å². The predicted molar refractivity (Wildman–Crippen MR) is 96.4 cm³/mol. The molecule has 1 aromatic rings. The smallest absolute Gasteiger partial charge is 0.123 e. The standard InChI is InChI=1S/C17H25FN2O.2ClH/c1-19-9-11-20(12-10-19)13-16(17(21)7-2-8-17)14-3-5-15(18)6-4-14;;/h3-6,16,21H,2,7-13H2,1H3;2*1H. The molecular formula is C17H27Cl2FN2O. The van der Waals surface area contributed by atoms with E-state index in [2.05, 4.69) is 16.8 Å². The Morgan fingerprint density at radius 1 is 1.09 bits per heavy atom. The van der Waals surface area contributed by atoms with Crippen LogP contribution in [-0.2, 0) is 0 Å². The van der Waals surface area contributed by atoms with E-state index in [1.165, 1.54) is 12.1 Å². The molecule has 0 bridgehead atoms. The van der Waals surface area contributed by atoms with Gasteiger partial charge < -0.3 is 14.9 Å². The van der Waals surface area contributed by atoms with Gasteiger partial charge in [-0.25, -0.2) is 4.39 Å². The Labute approximate surface area is 150 Å². The molecule has 1 aromatic carbocycles. The summed E-state index contributed by atoms with van der Waals surface area (Å²) in [5.41, 5.74) is 0.471. The molecule has 0 aromatic heterocycles. The van der Waals surface area contributed by atoms with Crippen LogP contribution >= 0.6 is 24.8 Å². The summed E-state index contributed by atoms with van der Waals surface area (Å²) in [6.45, 7) is 5.12. The van der Waals surface area contributed by atoms with Crippen molar-refractivity contribution in [3.8, 4) is 0 Å². The Bertz CT molecular complexity index is 474. The second-order valence-corrected chi connectivity index (χ2v) is 6.67. The number of nitrogens with zero attached hydrogens (tertiary/aromatic N) is 2. The average molecular weight is 365 g/mol. The molecule has 2 fully saturated rings. The van der Waals surface area contributed by atoms with Crippen molar-refractivity contribution in [3.63, 3.8) is 0 Å². The third-order valence-corrected chi connectivity index (χ3v) is 5.18. The summed E-state index contributed by atoms with van der Waals surface area (Å²) in [5, 5.41) is 10.8. The minimum Gasteiger partial charge on any atom is -0.389 e. The van der Waals surface area contributed by atoms with Gasteiger partial charge in [0.25, 0.3) is 0 Å². The highest BCUT2D eigenvalue weighted by Gasteiger charge is 2.43. The third kappa shape index (κ3) is 4.80. The number of hydrogen-bond donors (Lipinski definition) is 1. The minimum atomic E-state index is -0.596. The van der Waals surface area contributed by atoms with Gasteiger partial charge in [-0.3, -0.25) is 0 Å². The average Bonchev–Trinajstić information content (AvgIpc) is 2.45. The van der Waals surface area contributed by atoms with Crippen LogP contribution in [0.3, 0.4) is 0 Å². The molecule has 1 aliphatic carbocycles. The summed E-state index contributed by atoms with van der Waals surface area (Å²) in [5.74, 6) is -0.118. The third-order valence-electron chi connectivity index (χ3n) is 5.18. The van der Waals surface area contributed by atoms with Gasteiger partial charge in [0.2, 0.25) is 0 Å². The van der Waals surface area contributed by atoms with Gasteiger partial charge in [-0.1, -0.05) is 12.1 Å². The van der Waals surface area contributed by atoms with Gasteiger partial charge in [-0.15, -0.1) is 24.8 Å². The van der Waals surface area contributed by atoms with E-state index in [-0.39, 0.29) is 36.5 Å². The van der Waals surface area contributed by atoms with E-state index < -0.39 is 5.60 Å². The largest absolute Gasteiger partial charge is 0.389 e. The molecular weight excluding hydrogens is 338 g/mol. The zero-order valence-corrected chi connectivity index (χ0v) is 15.2. The molecule has 3 nitrogen and oxygen atoms in total. The summed E-state index contributed by atoms with van der Waals surface area (Å²) < 4.78 is 13.2. The molecule has 6 heteroatoms. The van der Waals surface area contributed by atoms with Crippen LogP contribution in [0, 0.1) is 5.82 Å². The van der Waals surface area contributed by atoms with Gasteiger partial charge in [0, 0.05) is 38.6 Å². The lowest BCUT2D eigenvalue weighted by Crippen LogP contribution is -2.51. The summed E-state index contributed by atoms with van der Waals surface area (Å²) in [4.78, 5) is 4.77. The number of halogens is 3. The van der Waals surface area contributed by atoms with E-state index in [1.807, 2.05) is 12.1 Å². The molecule has 1 saturated carbocycles. The van der Waals surface area contributed by atoms with Crippen LogP contribution in [0.4, 0.5) is 4.39 Å². The van der Waals surface area contributed by atoms with Crippen LogP contribution in [0.2, 0.25) is 0 Å². The zero-order valence-electron chi connectivity index (χ0n) is 13.6. The predicted octanol–water partition coefficient (Wildman–Crippen LogP) is 2.92. The fourth-order valence-corrected chi connectivity index (χ4v) is 3.46. The summed E-state index contributed by atoms with van der Waals surface area (Å²) in [6, 6.07) is 6.70. The number of benzene rings is 1. The molecule has 1 heterocycles. The van der Waals surface area contributed by atoms with Gasteiger partial charge in [0.1, 0.15) is 5.82 Å². The highest BCUT2D eigenvalue weighted by atomic mass is 35.5. The molecule has 0 spiro atoms. The molecule has 1 N–H and O–H groups in total. The number of piperazine rings is 1. The van der Waals surface area contributed by atoms with Gasteiger partial charge in [-0.05, 0) is 44.0 Å². The van der Waals surface area contributed by atoms with Crippen molar-refractivity contribution in [2.45, 2.75) is 30.8 Å². The molecule has 1 saturated heterocycles. The van der Waals surface area contributed by atoms with Crippen LogP contribution in [0.15, 0.2) is 24.3 Å². The van der Waals surface area contributed by atoms with E-state index in [9.17, 15) is 9.50 Å². The van der Waals surface area contributed by atoms with Crippen LogP contribution in [0.25, 0.3) is 0 Å². The van der Waals surface area contributed by atoms with Crippen LogP contribution < -0.4 is 0 Å². The van der Waals surface area contributed by atoms with Crippen molar-refractivity contribution in [3.05, 3.63) is 35.6 Å². The Hall–Kier alpha value is -0.390. The van der Waals surface area contributed by atoms with Crippen molar-refractivity contribution < 1.29 is 9.50 Å². The highest BCUT2D eigenvalue weighted by Crippen LogP contribution is 2.44. The first-order chi connectivity index (χ1) is 10.1. The fourth-order valence-electron chi connectivity index (χ4n) is 3.46. The first kappa shape index (κ1) is 20.7. The quantitative estimate of drug-likeness (QED) is 0.889. The van der Waals surface area contributed by atoms with E-state index in [1.54, 1.807) is 0 Å². The van der Waals surface area contributed by atoms with Crippen molar-refractivity contribution in [2.75, 3.05) is 39.8 Å². The van der Waals surface area contributed by atoms with Gasteiger partial charge in [0.05, 0.1) is 5.60 Å². The summed E-state index contributed by atoms with van der Waals surface area (Å²) in [6.07, 6.45) is 2.82. The van der Waals surface area contributed by atoms with Crippen molar-refractivity contribution in [2.24, 2.45) is 0 Å². The van der Waals surface area contributed by atoms with Gasteiger partial charge >= 0.3 is 0 Å². The molecule has 2 aliphatic rings. The van der Waals surface area contributed by atoms with Crippen LogP contribution in [0.5, 0.6) is 0 Å². The topological polar surface area (TPSA) is 26.7 Å².